The van der Waals surface area contributed by atoms with Gasteiger partial charge >= 0.3 is 0 Å². The molecule has 1 unspecified atom stereocenters. The fourth-order valence-corrected chi connectivity index (χ4v) is 3.26. The summed E-state index contributed by atoms with van der Waals surface area (Å²) >= 11 is 1.44. The van der Waals surface area contributed by atoms with Gasteiger partial charge in [0.15, 0.2) is 0 Å². The summed E-state index contributed by atoms with van der Waals surface area (Å²) < 4.78 is 10.8. The lowest BCUT2D eigenvalue weighted by atomic mass is 9.93. The maximum atomic E-state index is 12.1. The Morgan fingerprint density at radius 2 is 2.04 bits per heavy atom. The van der Waals surface area contributed by atoms with Gasteiger partial charge in [-0.1, -0.05) is 18.2 Å². The first-order valence-corrected chi connectivity index (χ1v) is 8.65. The zero-order valence-electron chi connectivity index (χ0n) is 13.4. The number of nitrogens with one attached hydrogen (secondary N) is 1. The van der Waals surface area contributed by atoms with Crippen LogP contribution in [-0.4, -0.2) is 19.6 Å². The molecule has 0 aliphatic rings. The van der Waals surface area contributed by atoms with Gasteiger partial charge in [0.2, 0.25) is 0 Å². The van der Waals surface area contributed by atoms with Gasteiger partial charge in [-0.3, -0.25) is 4.79 Å². The van der Waals surface area contributed by atoms with Crippen molar-refractivity contribution in [3.05, 3.63) is 76.4 Å². The number of hydrogen-bond acceptors (Lipinski definition) is 4. The third-order valence-corrected chi connectivity index (χ3v) is 4.74. The maximum Gasteiger partial charge on any atom is 0.261 e. The lowest BCUT2D eigenvalue weighted by Gasteiger charge is -2.16. The van der Waals surface area contributed by atoms with Gasteiger partial charge in [-0.05, 0) is 47.7 Å². The summed E-state index contributed by atoms with van der Waals surface area (Å²) in [6.07, 6.45) is 2.44. The first kappa shape index (κ1) is 16.3. The second kappa shape index (κ2) is 7.84. The third kappa shape index (κ3) is 3.86. The fourth-order valence-electron chi connectivity index (χ4n) is 2.62. The maximum absolute atomic E-state index is 12.1. The quantitative estimate of drug-likeness (QED) is 0.697. The summed E-state index contributed by atoms with van der Waals surface area (Å²) in [6, 6.07) is 15.5. The molecule has 1 N–H and O–H groups in total. The molecule has 0 fully saturated rings. The average Bonchev–Trinajstić information content (AvgIpc) is 3.32. The van der Waals surface area contributed by atoms with Crippen molar-refractivity contribution in [2.24, 2.45) is 0 Å². The molecule has 0 saturated carbocycles. The van der Waals surface area contributed by atoms with Gasteiger partial charge in [-0.2, -0.15) is 0 Å². The molecule has 0 spiro atoms. The minimum Gasteiger partial charge on any atom is -0.497 e. The van der Waals surface area contributed by atoms with Gasteiger partial charge in [0.25, 0.3) is 5.91 Å². The standard InChI is InChI=1S/C19H19NO3S/c1-22-15-8-6-14(7-9-15)16(17-4-2-12-23-17)10-11-20-19(21)18-5-3-13-24-18/h2-9,12-13,16H,10-11H2,1H3,(H,20,21). The summed E-state index contributed by atoms with van der Waals surface area (Å²) in [5.41, 5.74) is 1.14. The zero-order chi connectivity index (χ0) is 16.8. The topological polar surface area (TPSA) is 51.5 Å². The number of ether oxygens (including phenoxy) is 1. The van der Waals surface area contributed by atoms with E-state index < -0.39 is 0 Å². The molecule has 0 aliphatic carbocycles. The van der Waals surface area contributed by atoms with Crippen LogP contribution in [0.15, 0.2) is 64.6 Å². The lowest BCUT2D eigenvalue weighted by Crippen LogP contribution is -2.25. The highest BCUT2D eigenvalue weighted by atomic mass is 32.1. The molecule has 124 valence electrons. The van der Waals surface area contributed by atoms with Crippen LogP contribution in [0.5, 0.6) is 5.75 Å². The van der Waals surface area contributed by atoms with Crippen LogP contribution in [0.4, 0.5) is 0 Å². The lowest BCUT2D eigenvalue weighted by molar-refractivity contribution is 0.0956. The van der Waals surface area contributed by atoms with E-state index in [0.717, 1.165) is 28.4 Å². The Hall–Kier alpha value is -2.53. The highest BCUT2D eigenvalue weighted by Crippen LogP contribution is 2.29. The Kier molecular flexibility index (Phi) is 5.33. The van der Waals surface area contributed by atoms with Crippen molar-refractivity contribution in [1.29, 1.82) is 0 Å². The molecule has 5 heteroatoms. The second-order valence-electron chi connectivity index (χ2n) is 5.36. The number of methoxy groups -OCH3 is 1. The number of carbonyl (C=O) groups excluding carboxylic acids is 1. The second-order valence-corrected chi connectivity index (χ2v) is 6.31. The normalized spacial score (nSPS) is 11.9. The number of hydrogen-bond donors (Lipinski definition) is 1. The van der Waals surface area contributed by atoms with E-state index in [1.807, 2.05) is 53.9 Å². The Balaban J connectivity index is 1.68. The number of furan rings is 1. The molecule has 2 heterocycles. The van der Waals surface area contributed by atoms with Crippen molar-refractivity contribution in [2.75, 3.05) is 13.7 Å². The number of rotatable bonds is 7. The predicted octanol–water partition coefficient (Wildman–Crippen LogP) is 4.30. The van der Waals surface area contributed by atoms with Crippen molar-refractivity contribution < 1.29 is 13.9 Å². The largest absolute Gasteiger partial charge is 0.497 e. The molecule has 1 atom stereocenters. The monoisotopic (exact) mass is 341 g/mol. The Bertz CT molecular complexity index is 749. The summed E-state index contributed by atoms with van der Waals surface area (Å²) in [4.78, 5) is 12.8. The van der Waals surface area contributed by atoms with Crippen molar-refractivity contribution in [3.8, 4) is 5.75 Å². The van der Waals surface area contributed by atoms with Crippen LogP contribution in [0.3, 0.4) is 0 Å². The van der Waals surface area contributed by atoms with E-state index in [0.29, 0.717) is 6.54 Å². The van der Waals surface area contributed by atoms with E-state index in [4.69, 9.17) is 9.15 Å². The Morgan fingerprint density at radius 3 is 2.67 bits per heavy atom. The van der Waals surface area contributed by atoms with E-state index in [1.165, 1.54) is 11.3 Å². The van der Waals surface area contributed by atoms with Crippen LogP contribution in [-0.2, 0) is 0 Å². The van der Waals surface area contributed by atoms with E-state index >= 15 is 0 Å². The van der Waals surface area contributed by atoms with Crippen LogP contribution < -0.4 is 10.1 Å². The molecule has 3 rings (SSSR count). The molecular formula is C19H19NO3S. The molecule has 24 heavy (non-hydrogen) atoms. The van der Waals surface area contributed by atoms with Gasteiger partial charge in [0.05, 0.1) is 18.3 Å². The Labute approximate surface area is 145 Å². The molecule has 1 amide bonds. The van der Waals surface area contributed by atoms with E-state index in [2.05, 4.69) is 5.32 Å². The molecular weight excluding hydrogens is 322 g/mol. The smallest absolute Gasteiger partial charge is 0.261 e. The van der Waals surface area contributed by atoms with Crippen LogP contribution in [0, 0.1) is 0 Å². The van der Waals surface area contributed by atoms with Crippen molar-refractivity contribution in [1.82, 2.24) is 5.32 Å². The molecule has 0 bridgehead atoms. The first-order chi connectivity index (χ1) is 11.8. The van der Waals surface area contributed by atoms with E-state index in [-0.39, 0.29) is 11.8 Å². The Morgan fingerprint density at radius 1 is 1.21 bits per heavy atom. The van der Waals surface area contributed by atoms with Crippen molar-refractivity contribution in [2.45, 2.75) is 12.3 Å². The van der Waals surface area contributed by atoms with Gasteiger partial charge < -0.3 is 14.5 Å². The zero-order valence-corrected chi connectivity index (χ0v) is 14.2. The third-order valence-electron chi connectivity index (χ3n) is 3.87. The van der Waals surface area contributed by atoms with Gasteiger partial charge in [0.1, 0.15) is 11.5 Å². The SMILES string of the molecule is COc1ccc(C(CCNC(=O)c2cccs2)c2ccco2)cc1. The highest BCUT2D eigenvalue weighted by Gasteiger charge is 2.17. The minimum absolute atomic E-state index is 0.0297. The van der Waals surface area contributed by atoms with E-state index in [9.17, 15) is 4.79 Å². The average molecular weight is 341 g/mol. The number of amides is 1. The number of carbonyl (C=O) groups is 1. The van der Waals surface area contributed by atoms with Crippen molar-refractivity contribution >= 4 is 17.2 Å². The summed E-state index contributed by atoms with van der Waals surface area (Å²) in [6.45, 7) is 0.578. The van der Waals surface area contributed by atoms with Gasteiger partial charge in [-0.25, -0.2) is 0 Å². The van der Waals surface area contributed by atoms with Crippen LogP contribution in [0.2, 0.25) is 0 Å². The summed E-state index contributed by atoms with van der Waals surface area (Å²) in [7, 11) is 1.65. The molecule has 3 aromatic rings. The highest BCUT2D eigenvalue weighted by molar-refractivity contribution is 7.12. The molecule has 1 aromatic carbocycles. The minimum atomic E-state index is -0.0297. The molecule has 4 nitrogen and oxygen atoms in total. The van der Waals surface area contributed by atoms with E-state index in [1.54, 1.807) is 13.4 Å². The van der Waals surface area contributed by atoms with Crippen LogP contribution in [0.25, 0.3) is 0 Å². The fraction of sp³-hybridized carbons (Fsp3) is 0.211. The van der Waals surface area contributed by atoms with Crippen molar-refractivity contribution in [3.63, 3.8) is 0 Å². The molecule has 2 aromatic heterocycles. The van der Waals surface area contributed by atoms with Gasteiger partial charge in [0, 0.05) is 12.5 Å². The number of thiophene rings is 1. The molecule has 0 radical (unpaired) electrons. The molecule has 0 aliphatic heterocycles. The van der Waals surface area contributed by atoms with Crippen LogP contribution >= 0.6 is 11.3 Å². The summed E-state index contributed by atoms with van der Waals surface area (Å²) in [5, 5.41) is 4.88. The number of benzene rings is 1. The predicted molar refractivity (Wildman–Crippen MR) is 94.8 cm³/mol. The summed E-state index contributed by atoms with van der Waals surface area (Å²) in [5.74, 6) is 1.78. The first-order valence-electron chi connectivity index (χ1n) is 7.77. The van der Waals surface area contributed by atoms with Crippen LogP contribution in [0.1, 0.15) is 33.3 Å². The molecule has 0 saturated heterocycles. The van der Waals surface area contributed by atoms with Gasteiger partial charge in [-0.15, -0.1) is 11.3 Å².